The van der Waals surface area contributed by atoms with Crippen LogP contribution in [0.15, 0.2) is 29.4 Å². The third kappa shape index (κ3) is 3.17. The van der Waals surface area contributed by atoms with Crippen LogP contribution in [0, 0.1) is 10.8 Å². The summed E-state index contributed by atoms with van der Waals surface area (Å²) in [6.45, 7) is 5.34. The predicted molar refractivity (Wildman–Crippen MR) is 59.8 cm³/mol. The van der Waals surface area contributed by atoms with Gasteiger partial charge >= 0.3 is 0 Å². The zero-order chi connectivity index (χ0) is 10.4. The van der Waals surface area contributed by atoms with Crippen molar-refractivity contribution in [1.29, 1.82) is 0 Å². The normalized spacial score (nSPS) is 12.1. The second-order valence-electron chi connectivity index (χ2n) is 3.53. The maximum Gasteiger partial charge on any atom is 0.108 e. The monoisotopic (exact) mass is 192 g/mol. The molecule has 1 unspecified atom stereocenters. The summed E-state index contributed by atoms with van der Waals surface area (Å²) < 4.78 is 0. The molecule has 0 aliphatic rings. The second-order valence-corrected chi connectivity index (χ2v) is 3.53. The first-order chi connectivity index (χ1) is 6.76. The van der Waals surface area contributed by atoms with Crippen LogP contribution in [0.25, 0.3) is 0 Å². The van der Waals surface area contributed by atoms with E-state index < -0.39 is 0 Å². The molecule has 1 N–H and O–H groups in total. The average Bonchev–Trinajstić information content (AvgIpc) is 2.26. The Bertz CT molecular complexity index is 282. The summed E-state index contributed by atoms with van der Waals surface area (Å²) in [7, 11) is 0. The Hall–Kier alpha value is -1.38. The fourth-order valence-electron chi connectivity index (χ4n) is 1.08. The topological polar surface area (TPSA) is 41.5 Å². The Morgan fingerprint density at radius 2 is 2.00 bits per heavy atom. The molecule has 1 atom stereocenters. The molecule has 3 nitrogen and oxygen atoms in total. The number of rotatable bonds is 5. The molecule has 0 aromatic heterocycles. The fourth-order valence-corrected chi connectivity index (χ4v) is 1.08. The zero-order valence-electron chi connectivity index (χ0n) is 8.66. The Morgan fingerprint density at radius 3 is 2.50 bits per heavy atom. The van der Waals surface area contributed by atoms with Crippen molar-refractivity contribution < 1.29 is 0 Å². The van der Waals surface area contributed by atoms with Crippen LogP contribution in [0.1, 0.15) is 20.3 Å². The molecule has 0 saturated heterocycles. The lowest BCUT2D eigenvalue weighted by atomic mass is 10.1. The molecule has 0 aliphatic heterocycles. The molecule has 1 aromatic rings. The summed E-state index contributed by atoms with van der Waals surface area (Å²) in [5, 5.41) is 6.15. The van der Waals surface area contributed by atoms with Crippen LogP contribution in [-0.2, 0) is 0 Å². The van der Waals surface area contributed by atoms with Crippen LogP contribution in [0.2, 0.25) is 0 Å². The summed E-state index contributed by atoms with van der Waals surface area (Å²) in [6, 6.07) is 7.18. The van der Waals surface area contributed by atoms with E-state index in [9.17, 15) is 4.91 Å². The highest BCUT2D eigenvalue weighted by Crippen LogP contribution is 2.16. The number of anilines is 1. The van der Waals surface area contributed by atoms with E-state index in [1.165, 1.54) is 6.42 Å². The van der Waals surface area contributed by atoms with Gasteiger partial charge in [0.05, 0.1) is 0 Å². The zero-order valence-corrected chi connectivity index (χ0v) is 8.66. The van der Waals surface area contributed by atoms with Crippen molar-refractivity contribution in [2.45, 2.75) is 20.3 Å². The largest absolute Gasteiger partial charge is 0.385 e. The van der Waals surface area contributed by atoms with Gasteiger partial charge in [-0.05, 0) is 35.4 Å². The van der Waals surface area contributed by atoms with Gasteiger partial charge in [-0.2, -0.15) is 0 Å². The highest BCUT2D eigenvalue weighted by molar-refractivity contribution is 5.50. The second kappa shape index (κ2) is 5.37. The van der Waals surface area contributed by atoms with Crippen LogP contribution in [0.4, 0.5) is 11.4 Å². The van der Waals surface area contributed by atoms with E-state index in [0.717, 1.165) is 12.2 Å². The molecule has 14 heavy (non-hydrogen) atoms. The summed E-state index contributed by atoms with van der Waals surface area (Å²) in [6.07, 6.45) is 1.17. The minimum Gasteiger partial charge on any atom is -0.385 e. The van der Waals surface area contributed by atoms with Crippen molar-refractivity contribution in [3.63, 3.8) is 0 Å². The van der Waals surface area contributed by atoms with Gasteiger partial charge in [-0.1, -0.05) is 20.3 Å². The lowest BCUT2D eigenvalue weighted by Gasteiger charge is -2.10. The van der Waals surface area contributed by atoms with E-state index in [4.69, 9.17) is 0 Å². The highest BCUT2D eigenvalue weighted by atomic mass is 16.3. The van der Waals surface area contributed by atoms with E-state index in [-0.39, 0.29) is 0 Å². The van der Waals surface area contributed by atoms with Gasteiger partial charge in [0.25, 0.3) is 0 Å². The van der Waals surface area contributed by atoms with Gasteiger partial charge < -0.3 is 5.32 Å². The van der Waals surface area contributed by atoms with E-state index in [0.29, 0.717) is 11.6 Å². The lowest BCUT2D eigenvalue weighted by molar-refractivity contribution is 0.593. The summed E-state index contributed by atoms with van der Waals surface area (Å²) in [5.74, 6) is 0.666. The van der Waals surface area contributed by atoms with Gasteiger partial charge in [0.1, 0.15) is 5.69 Å². The maximum atomic E-state index is 10.2. The Kier molecular flexibility index (Phi) is 4.11. The maximum absolute atomic E-state index is 10.2. The molecule has 0 bridgehead atoms. The third-order valence-corrected chi connectivity index (χ3v) is 2.32. The smallest absolute Gasteiger partial charge is 0.108 e. The first-order valence-corrected chi connectivity index (χ1v) is 4.93. The number of benzene rings is 1. The minimum atomic E-state index is 0.471. The van der Waals surface area contributed by atoms with Gasteiger partial charge in [-0.15, -0.1) is 4.91 Å². The quantitative estimate of drug-likeness (QED) is 0.725. The van der Waals surface area contributed by atoms with Gasteiger partial charge in [0, 0.05) is 12.2 Å². The Labute approximate surface area is 84.5 Å². The van der Waals surface area contributed by atoms with Crippen LogP contribution in [-0.4, -0.2) is 6.54 Å². The van der Waals surface area contributed by atoms with E-state index in [1.54, 1.807) is 12.1 Å². The number of nitrogens with one attached hydrogen (secondary N) is 1. The molecule has 1 rings (SSSR count). The molecule has 0 radical (unpaired) electrons. The van der Waals surface area contributed by atoms with Crippen LogP contribution in [0.5, 0.6) is 0 Å². The van der Waals surface area contributed by atoms with Crippen molar-refractivity contribution in [2.75, 3.05) is 11.9 Å². The molecule has 1 aromatic carbocycles. The molecule has 76 valence electrons. The van der Waals surface area contributed by atoms with Crippen LogP contribution >= 0.6 is 0 Å². The molecule has 0 spiro atoms. The van der Waals surface area contributed by atoms with E-state index in [2.05, 4.69) is 24.3 Å². The first kappa shape index (κ1) is 10.7. The van der Waals surface area contributed by atoms with E-state index in [1.807, 2.05) is 12.1 Å². The molecule has 0 amide bonds. The van der Waals surface area contributed by atoms with Crippen LogP contribution in [0.3, 0.4) is 0 Å². The highest BCUT2D eigenvalue weighted by Gasteiger charge is 1.98. The number of hydrogen-bond donors (Lipinski definition) is 1. The number of nitrogens with zero attached hydrogens (tertiary/aromatic N) is 1. The van der Waals surface area contributed by atoms with Crippen molar-refractivity contribution in [3.8, 4) is 0 Å². The molecular formula is C11H16N2O. The summed E-state index contributed by atoms with van der Waals surface area (Å²) in [4.78, 5) is 10.2. The lowest BCUT2D eigenvalue weighted by Crippen LogP contribution is -2.09. The molecule has 0 saturated carbocycles. The Balaban J connectivity index is 2.47. The van der Waals surface area contributed by atoms with Crippen molar-refractivity contribution in [2.24, 2.45) is 11.1 Å². The van der Waals surface area contributed by atoms with Gasteiger partial charge in [0.2, 0.25) is 0 Å². The van der Waals surface area contributed by atoms with Crippen molar-refractivity contribution in [1.82, 2.24) is 0 Å². The predicted octanol–water partition coefficient (Wildman–Crippen LogP) is 3.54. The molecule has 0 fully saturated rings. The average molecular weight is 192 g/mol. The van der Waals surface area contributed by atoms with Gasteiger partial charge in [-0.25, -0.2) is 0 Å². The molecular weight excluding hydrogens is 176 g/mol. The molecule has 0 aliphatic carbocycles. The minimum absolute atomic E-state index is 0.471. The van der Waals surface area contributed by atoms with Crippen LogP contribution < -0.4 is 5.32 Å². The van der Waals surface area contributed by atoms with Gasteiger partial charge in [0.15, 0.2) is 0 Å². The van der Waals surface area contributed by atoms with Crippen molar-refractivity contribution in [3.05, 3.63) is 29.2 Å². The number of nitroso groups, excluding NO2 is 1. The standard InChI is InChI=1S/C11H16N2O/c1-3-9(2)8-12-10-4-6-11(13-14)7-5-10/h4-7,9,12H,3,8H2,1-2H3. The first-order valence-electron chi connectivity index (χ1n) is 4.93. The summed E-state index contributed by atoms with van der Waals surface area (Å²) >= 11 is 0. The Morgan fingerprint density at radius 1 is 1.36 bits per heavy atom. The van der Waals surface area contributed by atoms with Crippen molar-refractivity contribution >= 4 is 11.4 Å². The molecule has 3 heteroatoms. The SMILES string of the molecule is CCC(C)CNc1ccc(N=O)cc1. The third-order valence-electron chi connectivity index (χ3n) is 2.32. The number of hydrogen-bond acceptors (Lipinski definition) is 3. The summed E-state index contributed by atoms with van der Waals surface area (Å²) in [5.41, 5.74) is 1.51. The molecule has 0 heterocycles. The fraction of sp³-hybridized carbons (Fsp3) is 0.455. The van der Waals surface area contributed by atoms with Gasteiger partial charge in [-0.3, -0.25) is 0 Å². The van der Waals surface area contributed by atoms with E-state index >= 15 is 0 Å².